The van der Waals surface area contributed by atoms with Crippen LogP contribution in [0.2, 0.25) is 0 Å². The fraction of sp³-hybridized carbons (Fsp3) is 0.450. The first kappa shape index (κ1) is 17.7. The summed E-state index contributed by atoms with van der Waals surface area (Å²) in [6.07, 6.45) is 4.31. The third-order valence-electron chi connectivity index (χ3n) is 5.38. The monoisotopic (exact) mass is 370 g/mol. The molecular formula is C20H23FN4O2. The van der Waals surface area contributed by atoms with Crippen molar-refractivity contribution >= 4 is 11.8 Å². The van der Waals surface area contributed by atoms with Gasteiger partial charge >= 0.3 is 0 Å². The second kappa shape index (κ2) is 7.13. The topological polar surface area (TPSA) is 58.4 Å². The average molecular weight is 370 g/mol. The minimum atomic E-state index is -0.820. The van der Waals surface area contributed by atoms with Crippen LogP contribution in [0.15, 0.2) is 30.7 Å². The maximum Gasteiger partial charge on any atom is 0.254 e. The quantitative estimate of drug-likeness (QED) is 0.829. The highest BCUT2D eigenvalue weighted by molar-refractivity contribution is 6.04. The van der Waals surface area contributed by atoms with Crippen LogP contribution < -0.4 is 0 Å². The van der Waals surface area contributed by atoms with Crippen molar-refractivity contribution < 1.29 is 14.0 Å². The van der Waals surface area contributed by atoms with Crippen LogP contribution in [-0.4, -0.2) is 57.0 Å². The van der Waals surface area contributed by atoms with Gasteiger partial charge in [-0.15, -0.1) is 0 Å². The maximum atomic E-state index is 13.4. The summed E-state index contributed by atoms with van der Waals surface area (Å²) in [5.74, 6) is -0.142. The second-order valence-corrected chi connectivity index (χ2v) is 7.31. The van der Waals surface area contributed by atoms with Crippen LogP contribution in [0.25, 0.3) is 0 Å². The number of aryl methyl sites for hydroxylation is 1. The molecule has 0 atom stereocenters. The van der Waals surface area contributed by atoms with Crippen LogP contribution in [0.5, 0.6) is 0 Å². The Bertz CT molecular complexity index is 871. The molecule has 6 nitrogen and oxygen atoms in total. The molecule has 2 amide bonds. The van der Waals surface area contributed by atoms with E-state index in [1.165, 1.54) is 0 Å². The molecule has 1 saturated heterocycles. The van der Waals surface area contributed by atoms with E-state index >= 15 is 0 Å². The molecule has 4 rings (SSSR count). The summed E-state index contributed by atoms with van der Waals surface area (Å²) in [7, 11) is 1.91. The highest BCUT2D eigenvalue weighted by Gasteiger charge is 2.32. The van der Waals surface area contributed by atoms with E-state index in [-0.39, 0.29) is 11.8 Å². The Morgan fingerprint density at radius 3 is 2.78 bits per heavy atom. The molecule has 0 N–H and O–H groups in total. The Morgan fingerprint density at radius 2 is 2.07 bits per heavy atom. The Labute approximate surface area is 157 Å². The minimum absolute atomic E-state index is 0.0435. The second-order valence-electron chi connectivity index (χ2n) is 7.31. The number of hydrogen-bond donors (Lipinski definition) is 0. The highest BCUT2D eigenvalue weighted by atomic mass is 19.1. The molecule has 0 aliphatic carbocycles. The standard InChI is InChI=1S/C20H23FN4O2/c1-23-11-15(22-13-23)7-10-25-12-18-16(3-2-4-17(18)20(25)27)19(26)24-8-5-14(21)6-9-24/h2-4,11,13-14H,5-10,12H2,1H3. The fourth-order valence-corrected chi connectivity index (χ4v) is 3.84. The van der Waals surface area contributed by atoms with Crippen LogP contribution >= 0.6 is 0 Å². The zero-order chi connectivity index (χ0) is 19.0. The molecule has 1 aromatic heterocycles. The van der Waals surface area contributed by atoms with E-state index in [4.69, 9.17) is 0 Å². The van der Waals surface area contributed by atoms with E-state index in [9.17, 15) is 14.0 Å². The molecule has 2 aliphatic heterocycles. The lowest BCUT2D eigenvalue weighted by Crippen LogP contribution is -2.39. The summed E-state index contributed by atoms with van der Waals surface area (Å²) in [5, 5.41) is 0. The van der Waals surface area contributed by atoms with E-state index in [1.54, 1.807) is 34.3 Å². The number of aromatic nitrogens is 2. The molecule has 1 fully saturated rings. The van der Waals surface area contributed by atoms with Gasteiger partial charge in [-0.05, 0) is 30.5 Å². The molecule has 1 aromatic carbocycles. The van der Waals surface area contributed by atoms with Crippen molar-refractivity contribution in [2.24, 2.45) is 7.05 Å². The number of imidazole rings is 1. The van der Waals surface area contributed by atoms with Crippen molar-refractivity contribution in [2.45, 2.75) is 32.0 Å². The van der Waals surface area contributed by atoms with Crippen molar-refractivity contribution in [3.63, 3.8) is 0 Å². The summed E-state index contributed by atoms with van der Waals surface area (Å²) < 4.78 is 15.3. The lowest BCUT2D eigenvalue weighted by atomic mass is 10.0. The Morgan fingerprint density at radius 1 is 1.30 bits per heavy atom. The van der Waals surface area contributed by atoms with Gasteiger partial charge in [-0.2, -0.15) is 0 Å². The molecule has 2 aromatic rings. The minimum Gasteiger partial charge on any atom is -0.340 e. The third kappa shape index (κ3) is 3.46. The third-order valence-corrected chi connectivity index (χ3v) is 5.38. The number of likely N-dealkylation sites (tertiary alicyclic amines) is 1. The zero-order valence-electron chi connectivity index (χ0n) is 15.4. The number of rotatable bonds is 4. The van der Waals surface area contributed by atoms with Gasteiger partial charge in [-0.25, -0.2) is 9.37 Å². The van der Waals surface area contributed by atoms with Gasteiger partial charge in [0.1, 0.15) is 6.17 Å². The summed E-state index contributed by atoms with van der Waals surface area (Å²) in [4.78, 5) is 33.4. The van der Waals surface area contributed by atoms with Crippen LogP contribution in [0.3, 0.4) is 0 Å². The van der Waals surface area contributed by atoms with Gasteiger partial charge in [0.2, 0.25) is 0 Å². The number of fused-ring (bicyclic) bond motifs is 1. The molecule has 0 radical (unpaired) electrons. The van der Waals surface area contributed by atoms with Gasteiger partial charge < -0.3 is 14.4 Å². The van der Waals surface area contributed by atoms with Gasteiger partial charge in [0.15, 0.2) is 0 Å². The summed E-state index contributed by atoms with van der Waals surface area (Å²) in [6.45, 7) is 1.86. The molecule has 2 aliphatic rings. The van der Waals surface area contributed by atoms with Crippen LogP contribution in [0.1, 0.15) is 44.8 Å². The smallest absolute Gasteiger partial charge is 0.254 e. The number of carbonyl (C=O) groups excluding carboxylic acids is 2. The number of carbonyl (C=O) groups is 2. The summed E-state index contributed by atoms with van der Waals surface area (Å²) >= 11 is 0. The van der Waals surface area contributed by atoms with Gasteiger partial charge in [-0.3, -0.25) is 9.59 Å². The maximum absolute atomic E-state index is 13.4. The first-order valence-electron chi connectivity index (χ1n) is 9.34. The van der Waals surface area contributed by atoms with Crippen molar-refractivity contribution in [2.75, 3.05) is 19.6 Å². The van der Waals surface area contributed by atoms with Crippen molar-refractivity contribution in [3.8, 4) is 0 Å². The van der Waals surface area contributed by atoms with E-state index in [2.05, 4.69) is 4.98 Å². The van der Waals surface area contributed by atoms with E-state index in [0.717, 1.165) is 11.3 Å². The number of benzene rings is 1. The lowest BCUT2D eigenvalue weighted by molar-refractivity contribution is 0.0663. The van der Waals surface area contributed by atoms with Crippen molar-refractivity contribution in [1.82, 2.24) is 19.4 Å². The zero-order valence-corrected chi connectivity index (χ0v) is 15.4. The fourth-order valence-electron chi connectivity index (χ4n) is 3.84. The number of hydrogen-bond acceptors (Lipinski definition) is 3. The summed E-state index contributed by atoms with van der Waals surface area (Å²) in [6, 6.07) is 5.31. The molecule has 142 valence electrons. The molecule has 0 unspecified atom stereocenters. The van der Waals surface area contributed by atoms with Crippen molar-refractivity contribution in [3.05, 3.63) is 53.1 Å². The molecule has 3 heterocycles. The van der Waals surface area contributed by atoms with Gasteiger partial charge in [-0.1, -0.05) is 6.07 Å². The number of nitrogens with zero attached hydrogens (tertiary/aromatic N) is 4. The van der Waals surface area contributed by atoms with E-state index < -0.39 is 6.17 Å². The van der Waals surface area contributed by atoms with E-state index in [1.807, 2.05) is 17.8 Å². The predicted octanol–water partition coefficient (Wildman–Crippen LogP) is 2.19. The molecular weight excluding hydrogens is 347 g/mol. The lowest BCUT2D eigenvalue weighted by Gasteiger charge is -2.29. The van der Waals surface area contributed by atoms with Gasteiger partial charge in [0.05, 0.1) is 12.0 Å². The SMILES string of the molecule is Cn1cnc(CCN2Cc3c(C(=O)N4CCC(F)CC4)cccc3C2=O)c1. The molecule has 7 heteroatoms. The Hall–Kier alpha value is -2.70. The van der Waals surface area contributed by atoms with Gasteiger partial charge in [0.25, 0.3) is 11.8 Å². The Kier molecular flexibility index (Phi) is 4.68. The molecule has 0 saturated carbocycles. The summed E-state index contributed by atoms with van der Waals surface area (Å²) in [5.41, 5.74) is 2.89. The predicted molar refractivity (Wildman–Crippen MR) is 98.1 cm³/mol. The number of amides is 2. The number of piperidine rings is 1. The number of alkyl halides is 1. The van der Waals surface area contributed by atoms with Crippen LogP contribution in [0, 0.1) is 0 Å². The largest absolute Gasteiger partial charge is 0.340 e. The van der Waals surface area contributed by atoms with E-state index in [0.29, 0.717) is 56.6 Å². The van der Waals surface area contributed by atoms with Crippen LogP contribution in [-0.2, 0) is 20.0 Å². The average Bonchev–Trinajstić information content (AvgIpc) is 3.23. The molecule has 0 spiro atoms. The first-order valence-corrected chi connectivity index (χ1v) is 9.34. The highest BCUT2D eigenvalue weighted by Crippen LogP contribution is 2.28. The van der Waals surface area contributed by atoms with Gasteiger partial charge in [0, 0.05) is 57.0 Å². The van der Waals surface area contributed by atoms with Crippen molar-refractivity contribution in [1.29, 1.82) is 0 Å². The molecule has 0 bridgehead atoms. The normalized spacial score (nSPS) is 17.5. The Balaban J connectivity index is 1.49. The molecule has 27 heavy (non-hydrogen) atoms. The first-order chi connectivity index (χ1) is 13.0. The number of halogens is 1. The van der Waals surface area contributed by atoms with Crippen LogP contribution in [0.4, 0.5) is 4.39 Å².